The molecule has 2 amide bonds. The third-order valence-electron chi connectivity index (χ3n) is 3.12. The quantitative estimate of drug-likeness (QED) is 0.786. The van der Waals surface area contributed by atoms with Crippen LogP contribution in [0.3, 0.4) is 0 Å². The number of esters is 1. The van der Waals surface area contributed by atoms with Crippen LogP contribution in [0.25, 0.3) is 10.9 Å². The van der Waals surface area contributed by atoms with E-state index in [0.717, 1.165) is 0 Å². The van der Waals surface area contributed by atoms with Crippen molar-refractivity contribution in [2.75, 3.05) is 20.2 Å². The van der Waals surface area contributed by atoms with E-state index in [0.29, 0.717) is 22.2 Å². The number of carbonyl (C=O) groups is 3. The highest BCUT2D eigenvalue weighted by Gasteiger charge is 2.15. The summed E-state index contributed by atoms with van der Waals surface area (Å²) < 4.78 is 5.01. The number of benzene rings is 1. The molecule has 0 saturated heterocycles. The number of carbonyl (C=O) groups excluding carboxylic acids is 3. The van der Waals surface area contributed by atoms with Crippen LogP contribution in [0.5, 0.6) is 0 Å². The van der Waals surface area contributed by atoms with Crippen LogP contribution in [0.2, 0.25) is 0 Å². The summed E-state index contributed by atoms with van der Waals surface area (Å²) in [6, 6.07) is 8.81. The van der Waals surface area contributed by atoms with Gasteiger partial charge in [-0.3, -0.25) is 14.6 Å². The standard InChI is InChI=1S/C16H17N3O4/c1-10-7-12(11-5-3-4-6-13(11)19-10)16(22)23-9-15(21)18-8-14(20)17-2/h3-7H,8-9H2,1-2H3,(H,17,20)(H,18,21). The van der Waals surface area contributed by atoms with Gasteiger partial charge in [-0.1, -0.05) is 18.2 Å². The van der Waals surface area contributed by atoms with Crippen LogP contribution >= 0.6 is 0 Å². The van der Waals surface area contributed by atoms with Gasteiger partial charge < -0.3 is 15.4 Å². The Morgan fingerprint density at radius 1 is 1.17 bits per heavy atom. The van der Waals surface area contributed by atoms with Crippen LogP contribution < -0.4 is 10.6 Å². The fourth-order valence-electron chi connectivity index (χ4n) is 2.00. The highest BCUT2D eigenvalue weighted by molar-refractivity contribution is 6.04. The van der Waals surface area contributed by atoms with Crippen molar-refractivity contribution in [2.24, 2.45) is 0 Å². The molecule has 0 aliphatic heterocycles. The molecule has 1 aromatic heterocycles. The molecule has 1 heterocycles. The Bertz CT molecular complexity index is 758. The second kappa shape index (κ2) is 7.35. The van der Waals surface area contributed by atoms with Gasteiger partial charge in [0, 0.05) is 18.1 Å². The van der Waals surface area contributed by atoms with Crippen LogP contribution in [0.4, 0.5) is 0 Å². The van der Waals surface area contributed by atoms with Gasteiger partial charge >= 0.3 is 5.97 Å². The number of pyridine rings is 1. The van der Waals surface area contributed by atoms with Gasteiger partial charge in [0.2, 0.25) is 5.91 Å². The first-order valence-corrected chi connectivity index (χ1v) is 7.02. The number of aromatic nitrogens is 1. The topological polar surface area (TPSA) is 97.4 Å². The molecule has 0 saturated carbocycles. The average molecular weight is 315 g/mol. The fraction of sp³-hybridized carbons (Fsp3) is 0.250. The van der Waals surface area contributed by atoms with Crippen LogP contribution in [-0.4, -0.2) is 43.0 Å². The first-order chi connectivity index (χ1) is 11.0. The van der Waals surface area contributed by atoms with E-state index in [1.54, 1.807) is 31.2 Å². The summed E-state index contributed by atoms with van der Waals surface area (Å²) in [5.74, 6) is -1.49. The number of nitrogens with one attached hydrogen (secondary N) is 2. The number of para-hydroxylation sites is 1. The molecule has 0 fully saturated rings. The van der Waals surface area contributed by atoms with E-state index < -0.39 is 18.5 Å². The van der Waals surface area contributed by atoms with Crippen molar-refractivity contribution in [3.63, 3.8) is 0 Å². The van der Waals surface area contributed by atoms with Gasteiger partial charge in [-0.2, -0.15) is 0 Å². The van der Waals surface area contributed by atoms with Crippen molar-refractivity contribution in [3.05, 3.63) is 41.6 Å². The molecule has 0 aliphatic rings. The zero-order valence-electron chi connectivity index (χ0n) is 12.9. The Kier molecular flexibility index (Phi) is 5.24. The maximum absolute atomic E-state index is 12.2. The second-order valence-electron chi connectivity index (χ2n) is 4.85. The predicted octanol–water partition coefficient (Wildman–Crippen LogP) is 0.562. The highest BCUT2D eigenvalue weighted by atomic mass is 16.5. The van der Waals surface area contributed by atoms with Crippen molar-refractivity contribution in [3.8, 4) is 0 Å². The summed E-state index contributed by atoms with van der Waals surface area (Å²) >= 11 is 0. The lowest BCUT2D eigenvalue weighted by Crippen LogP contribution is -2.37. The second-order valence-corrected chi connectivity index (χ2v) is 4.85. The van der Waals surface area contributed by atoms with E-state index in [1.807, 2.05) is 6.07 Å². The molecule has 0 atom stereocenters. The lowest BCUT2D eigenvalue weighted by Gasteiger charge is -2.08. The summed E-state index contributed by atoms with van der Waals surface area (Å²) in [5.41, 5.74) is 1.72. The van der Waals surface area contributed by atoms with E-state index in [4.69, 9.17) is 4.74 Å². The van der Waals surface area contributed by atoms with Crippen LogP contribution in [0, 0.1) is 6.92 Å². The smallest absolute Gasteiger partial charge is 0.339 e. The molecule has 2 N–H and O–H groups in total. The number of likely N-dealkylation sites (N-methyl/N-ethyl adjacent to an activating group) is 1. The Labute approximate surface area is 133 Å². The summed E-state index contributed by atoms with van der Waals surface area (Å²) in [4.78, 5) is 39.1. The van der Waals surface area contributed by atoms with Crippen molar-refractivity contribution in [1.29, 1.82) is 0 Å². The molecular weight excluding hydrogens is 298 g/mol. The Morgan fingerprint density at radius 3 is 2.65 bits per heavy atom. The molecule has 7 nitrogen and oxygen atoms in total. The van der Waals surface area contributed by atoms with E-state index >= 15 is 0 Å². The van der Waals surface area contributed by atoms with E-state index in [-0.39, 0.29) is 12.5 Å². The summed E-state index contributed by atoms with van der Waals surface area (Å²) in [6.07, 6.45) is 0. The van der Waals surface area contributed by atoms with Crippen molar-refractivity contribution in [1.82, 2.24) is 15.6 Å². The number of hydrogen-bond acceptors (Lipinski definition) is 5. The third-order valence-corrected chi connectivity index (χ3v) is 3.12. The first-order valence-electron chi connectivity index (χ1n) is 7.02. The largest absolute Gasteiger partial charge is 0.452 e. The molecule has 0 aliphatic carbocycles. The fourth-order valence-corrected chi connectivity index (χ4v) is 2.00. The average Bonchev–Trinajstić information content (AvgIpc) is 2.56. The zero-order chi connectivity index (χ0) is 16.8. The van der Waals surface area contributed by atoms with E-state index in [9.17, 15) is 14.4 Å². The molecule has 0 bridgehead atoms. The predicted molar refractivity (Wildman–Crippen MR) is 83.8 cm³/mol. The monoisotopic (exact) mass is 315 g/mol. The Morgan fingerprint density at radius 2 is 1.91 bits per heavy atom. The van der Waals surface area contributed by atoms with Gasteiger partial charge in [-0.15, -0.1) is 0 Å². The maximum Gasteiger partial charge on any atom is 0.339 e. The Balaban J connectivity index is 2.04. The van der Waals surface area contributed by atoms with Gasteiger partial charge in [-0.25, -0.2) is 4.79 Å². The SMILES string of the molecule is CNC(=O)CNC(=O)COC(=O)c1cc(C)nc2ccccc12. The minimum absolute atomic E-state index is 0.163. The molecule has 0 radical (unpaired) electrons. The molecular formula is C16H17N3O4. The summed E-state index contributed by atoms with van der Waals surface area (Å²) in [6.45, 7) is 1.16. The number of amides is 2. The lowest BCUT2D eigenvalue weighted by atomic mass is 10.1. The maximum atomic E-state index is 12.2. The molecule has 2 aromatic rings. The van der Waals surface area contributed by atoms with E-state index in [1.165, 1.54) is 7.05 Å². The molecule has 0 unspecified atom stereocenters. The van der Waals surface area contributed by atoms with Crippen molar-refractivity contribution >= 4 is 28.7 Å². The summed E-state index contributed by atoms with van der Waals surface area (Å²) in [7, 11) is 1.46. The first kappa shape index (κ1) is 16.4. The number of fused-ring (bicyclic) bond motifs is 1. The van der Waals surface area contributed by atoms with Crippen molar-refractivity contribution in [2.45, 2.75) is 6.92 Å². The lowest BCUT2D eigenvalue weighted by molar-refractivity contribution is -0.127. The minimum atomic E-state index is -0.609. The highest BCUT2D eigenvalue weighted by Crippen LogP contribution is 2.18. The number of aryl methyl sites for hydroxylation is 1. The number of ether oxygens (including phenoxy) is 1. The van der Waals surface area contributed by atoms with Crippen LogP contribution in [0.15, 0.2) is 30.3 Å². The van der Waals surface area contributed by atoms with Crippen LogP contribution in [-0.2, 0) is 14.3 Å². The van der Waals surface area contributed by atoms with E-state index in [2.05, 4.69) is 15.6 Å². The molecule has 0 spiro atoms. The van der Waals surface area contributed by atoms with Gasteiger partial charge in [-0.05, 0) is 19.1 Å². The number of nitrogens with zero attached hydrogens (tertiary/aromatic N) is 1. The minimum Gasteiger partial charge on any atom is -0.452 e. The van der Waals surface area contributed by atoms with Gasteiger partial charge in [0.1, 0.15) is 0 Å². The Hall–Kier alpha value is -2.96. The van der Waals surface area contributed by atoms with Gasteiger partial charge in [0.15, 0.2) is 6.61 Å². The zero-order valence-corrected chi connectivity index (χ0v) is 12.9. The third kappa shape index (κ3) is 4.26. The van der Waals surface area contributed by atoms with Gasteiger partial charge in [0.25, 0.3) is 5.91 Å². The number of hydrogen-bond donors (Lipinski definition) is 2. The molecule has 7 heteroatoms. The molecule has 1 aromatic carbocycles. The molecule has 2 rings (SSSR count). The summed E-state index contributed by atoms with van der Waals surface area (Å²) in [5, 5.41) is 5.38. The molecule has 23 heavy (non-hydrogen) atoms. The van der Waals surface area contributed by atoms with Crippen LogP contribution in [0.1, 0.15) is 16.1 Å². The van der Waals surface area contributed by atoms with Crippen molar-refractivity contribution < 1.29 is 19.1 Å². The van der Waals surface area contributed by atoms with Gasteiger partial charge in [0.05, 0.1) is 17.6 Å². The normalized spacial score (nSPS) is 10.2. The molecule has 120 valence electrons. The number of rotatable bonds is 5.